The van der Waals surface area contributed by atoms with Crippen molar-refractivity contribution in [2.45, 2.75) is 33.0 Å². The Kier molecular flexibility index (Phi) is 3.16. The maximum Gasteiger partial charge on any atom is 0.0953 e. The highest BCUT2D eigenvalue weighted by atomic mass is 16.5. The third-order valence-electron chi connectivity index (χ3n) is 2.52. The van der Waals surface area contributed by atoms with E-state index in [1.54, 1.807) is 0 Å². The Balaban J connectivity index is 2.12. The second kappa shape index (κ2) is 4.57. The van der Waals surface area contributed by atoms with Crippen LogP contribution in [0.4, 0.5) is 0 Å². The van der Waals surface area contributed by atoms with Crippen molar-refractivity contribution in [1.82, 2.24) is 14.9 Å². The first-order valence-electron chi connectivity index (χ1n) is 5.23. The number of fused-ring (bicyclic) bond motifs is 1. The fraction of sp³-hybridized carbons (Fsp3) is 0.700. The van der Waals surface area contributed by atoms with Crippen LogP contribution in [0.5, 0.6) is 0 Å². The largest absolute Gasteiger partial charge is 0.375 e. The summed E-state index contributed by atoms with van der Waals surface area (Å²) in [5.41, 5.74) is 2.37. The molecule has 0 spiro atoms. The maximum atomic E-state index is 5.38. The van der Waals surface area contributed by atoms with Crippen molar-refractivity contribution >= 4 is 0 Å². The van der Waals surface area contributed by atoms with E-state index >= 15 is 0 Å². The lowest BCUT2D eigenvalue weighted by molar-refractivity contribution is 0.131. The molecule has 1 aliphatic rings. The molecule has 4 heteroatoms. The molecular weight excluding hydrogens is 178 g/mol. The van der Waals surface area contributed by atoms with Gasteiger partial charge in [-0.15, -0.1) is 0 Å². The topological polar surface area (TPSA) is 39.1 Å². The molecule has 2 heterocycles. The highest BCUT2D eigenvalue weighted by molar-refractivity contribution is 5.13. The third-order valence-corrected chi connectivity index (χ3v) is 2.52. The van der Waals surface area contributed by atoms with E-state index in [4.69, 9.17) is 4.74 Å². The Labute approximate surface area is 84.3 Å². The summed E-state index contributed by atoms with van der Waals surface area (Å²) in [5.74, 6) is 0. The molecule has 14 heavy (non-hydrogen) atoms. The fourth-order valence-corrected chi connectivity index (χ4v) is 1.75. The van der Waals surface area contributed by atoms with Gasteiger partial charge in [0.25, 0.3) is 0 Å². The lowest BCUT2D eigenvalue weighted by Gasteiger charge is -2.05. The van der Waals surface area contributed by atoms with E-state index in [-0.39, 0.29) is 0 Å². The van der Waals surface area contributed by atoms with Gasteiger partial charge in [-0.2, -0.15) is 0 Å². The summed E-state index contributed by atoms with van der Waals surface area (Å²) >= 11 is 0. The van der Waals surface area contributed by atoms with Gasteiger partial charge in [-0.1, -0.05) is 0 Å². The zero-order chi connectivity index (χ0) is 9.80. The number of hydrogen-bond donors (Lipinski definition) is 1. The summed E-state index contributed by atoms with van der Waals surface area (Å²) in [5, 5.41) is 3.39. The normalized spacial score (nSPS) is 16.4. The lowest BCUT2D eigenvalue weighted by atomic mass is 10.3. The Bertz CT molecular complexity index is 296. The van der Waals surface area contributed by atoms with Crippen LogP contribution in [0, 0.1) is 0 Å². The van der Waals surface area contributed by atoms with Crippen LogP contribution in [-0.4, -0.2) is 22.7 Å². The molecule has 2 rings (SSSR count). The molecule has 78 valence electrons. The van der Waals surface area contributed by atoms with Crippen molar-refractivity contribution < 1.29 is 4.74 Å². The van der Waals surface area contributed by atoms with Crippen molar-refractivity contribution in [2.24, 2.45) is 0 Å². The molecule has 0 aromatic carbocycles. The molecule has 0 saturated carbocycles. The Morgan fingerprint density at radius 2 is 2.57 bits per heavy atom. The second-order valence-corrected chi connectivity index (χ2v) is 3.50. The number of rotatable bonds is 3. The van der Waals surface area contributed by atoms with Crippen molar-refractivity contribution in [1.29, 1.82) is 0 Å². The SMILES string of the molecule is CCOCc1ncn2c1CNCCC2. The van der Waals surface area contributed by atoms with Crippen molar-refractivity contribution in [2.75, 3.05) is 13.2 Å². The summed E-state index contributed by atoms with van der Waals surface area (Å²) < 4.78 is 7.61. The summed E-state index contributed by atoms with van der Waals surface area (Å²) in [6, 6.07) is 0. The predicted octanol–water partition coefficient (Wildman–Crippen LogP) is 0.913. The number of aryl methyl sites for hydroxylation is 1. The Morgan fingerprint density at radius 1 is 1.64 bits per heavy atom. The van der Waals surface area contributed by atoms with Crippen LogP contribution >= 0.6 is 0 Å². The average Bonchev–Trinajstić information content (AvgIpc) is 2.45. The van der Waals surface area contributed by atoms with Gasteiger partial charge in [-0.25, -0.2) is 4.98 Å². The van der Waals surface area contributed by atoms with Gasteiger partial charge < -0.3 is 14.6 Å². The summed E-state index contributed by atoms with van der Waals surface area (Å²) in [6.07, 6.45) is 3.11. The zero-order valence-electron chi connectivity index (χ0n) is 8.62. The summed E-state index contributed by atoms with van der Waals surface area (Å²) in [6.45, 7) is 6.48. The predicted molar refractivity (Wildman–Crippen MR) is 53.9 cm³/mol. The highest BCUT2D eigenvalue weighted by Crippen LogP contribution is 2.11. The molecule has 1 N–H and O–H groups in total. The van der Waals surface area contributed by atoms with E-state index in [1.165, 1.54) is 12.1 Å². The first-order valence-corrected chi connectivity index (χ1v) is 5.23. The van der Waals surface area contributed by atoms with Gasteiger partial charge in [0.2, 0.25) is 0 Å². The van der Waals surface area contributed by atoms with Crippen LogP contribution in [-0.2, 0) is 24.4 Å². The van der Waals surface area contributed by atoms with Crippen LogP contribution in [0.15, 0.2) is 6.33 Å². The van der Waals surface area contributed by atoms with Crippen LogP contribution in [0.1, 0.15) is 24.7 Å². The molecule has 0 aliphatic carbocycles. The minimum atomic E-state index is 0.639. The Morgan fingerprint density at radius 3 is 3.43 bits per heavy atom. The van der Waals surface area contributed by atoms with Gasteiger partial charge in [0.1, 0.15) is 0 Å². The van der Waals surface area contributed by atoms with Crippen LogP contribution in [0.3, 0.4) is 0 Å². The van der Waals surface area contributed by atoms with Gasteiger partial charge in [-0.05, 0) is 19.9 Å². The van der Waals surface area contributed by atoms with E-state index in [0.717, 1.165) is 31.9 Å². The molecule has 4 nitrogen and oxygen atoms in total. The first-order chi connectivity index (χ1) is 6.92. The molecular formula is C10H17N3O. The van der Waals surface area contributed by atoms with Crippen molar-refractivity contribution in [3.05, 3.63) is 17.7 Å². The van der Waals surface area contributed by atoms with E-state index < -0.39 is 0 Å². The molecule has 0 radical (unpaired) electrons. The summed E-state index contributed by atoms with van der Waals surface area (Å²) in [7, 11) is 0. The van der Waals surface area contributed by atoms with E-state index in [9.17, 15) is 0 Å². The molecule has 0 fully saturated rings. The van der Waals surface area contributed by atoms with Gasteiger partial charge in [0, 0.05) is 19.7 Å². The van der Waals surface area contributed by atoms with E-state index in [2.05, 4.69) is 14.9 Å². The van der Waals surface area contributed by atoms with Crippen molar-refractivity contribution in [3.8, 4) is 0 Å². The van der Waals surface area contributed by atoms with Crippen molar-refractivity contribution in [3.63, 3.8) is 0 Å². The van der Waals surface area contributed by atoms with Gasteiger partial charge in [0.15, 0.2) is 0 Å². The zero-order valence-corrected chi connectivity index (χ0v) is 8.62. The standard InChI is InChI=1S/C10H17N3O/c1-2-14-7-9-10-6-11-4-3-5-13(10)8-12-9/h8,11H,2-7H2,1H3. The van der Waals surface area contributed by atoms with Gasteiger partial charge in [-0.3, -0.25) is 0 Å². The van der Waals surface area contributed by atoms with E-state index in [1.807, 2.05) is 13.3 Å². The van der Waals surface area contributed by atoms with Gasteiger partial charge >= 0.3 is 0 Å². The number of aromatic nitrogens is 2. The van der Waals surface area contributed by atoms with Crippen LogP contribution in [0.25, 0.3) is 0 Å². The molecule has 1 aromatic heterocycles. The molecule has 1 aromatic rings. The third kappa shape index (κ3) is 1.96. The van der Waals surface area contributed by atoms with Crippen LogP contribution < -0.4 is 5.32 Å². The number of ether oxygens (including phenoxy) is 1. The fourth-order valence-electron chi connectivity index (χ4n) is 1.75. The molecule has 1 aliphatic heterocycles. The molecule has 0 bridgehead atoms. The number of nitrogens with zero attached hydrogens (tertiary/aromatic N) is 2. The summed E-state index contributed by atoms with van der Waals surface area (Å²) in [4.78, 5) is 4.37. The number of hydrogen-bond acceptors (Lipinski definition) is 3. The molecule has 0 atom stereocenters. The minimum Gasteiger partial charge on any atom is -0.375 e. The number of nitrogens with one attached hydrogen (secondary N) is 1. The number of imidazole rings is 1. The highest BCUT2D eigenvalue weighted by Gasteiger charge is 2.12. The smallest absolute Gasteiger partial charge is 0.0953 e. The Hall–Kier alpha value is -0.870. The van der Waals surface area contributed by atoms with E-state index in [0.29, 0.717) is 6.61 Å². The minimum absolute atomic E-state index is 0.639. The molecule has 0 amide bonds. The van der Waals surface area contributed by atoms with Gasteiger partial charge in [0.05, 0.1) is 24.3 Å². The molecule has 0 unspecified atom stereocenters. The van der Waals surface area contributed by atoms with Crippen LogP contribution in [0.2, 0.25) is 0 Å². The second-order valence-electron chi connectivity index (χ2n) is 3.50. The molecule has 0 saturated heterocycles. The maximum absolute atomic E-state index is 5.38. The monoisotopic (exact) mass is 195 g/mol. The average molecular weight is 195 g/mol. The first kappa shape index (κ1) is 9.68. The lowest BCUT2D eigenvalue weighted by Crippen LogP contribution is -2.13. The quantitative estimate of drug-likeness (QED) is 0.779.